The smallest absolute Gasteiger partial charge is 0.200 e. The Morgan fingerprint density at radius 2 is 1.88 bits per heavy atom. The molecule has 0 amide bonds. The number of rotatable bonds is 5. The van der Waals surface area contributed by atoms with E-state index in [2.05, 4.69) is 23.2 Å². The van der Waals surface area contributed by atoms with Crippen LogP contribution in [-0.2, 0) is 0 Å². The maximum atomic E-state index is 5.51. The minimum atomic E-state index is 0.538. The number of methoxy groups -OCH3 is 1. The van der Waals surface area contributed by atoms with Crippen LogP contribution in [0.4, 0.5) is 0 Å². The minimum Gasteiger partial charge on any atom is -0.496 e. The second kappa shape index (κ2) is 7.11. The van der Waals surface area contributed by atoms with Gasteiger partial charge in [0.15, 0.2) is 10.6 Å². The fraction of sp³-hybridized carbons (Fsp3) is 0.263. The van der Waals surface area contributed by atoms with Crippen molar-refractivity contribution in [2.75, 3.05) is 13.7 Å². The highest BCUT2D eigenvalue weighted by molar-refractivity contribution is 7.71. The molecule has 0 radical (unpaired) electrons. The maximum Gasteiger partial charge on any atom is 0.200 e. The molecule has 0 saturated heterocycles. The molecule has 25 heavy (non-hydrogen) atoms. The lowest BCUT2D eigenvalue weighted by atomic mass is 10.0. The first kappa shape index (κ1) is 17.2. The van der Waals surface area contributed by atoms with Crippen LogP contribution >= 0.6 is 12.2 Å². The molecule has 5 nitrogen and oxygen atoms in total. The average Bonchev–Trinajstić information content (AvgIpc) is 3.00. The summed E-state index contributed by atoms with van der Waals surface area (Å²) < 4.78 is 13.4. The Kier molecular flexibility index (Phi) is 4.90. The molecule has 130 valence electrons. The second-order valence-electron chi connectivity index (χ2n) is 5.74. The number of aromatic nitrogens is 3. The van der Waals surface area contributed by atoms with Crippen molar-refractivity contribution < 1.29 is 9.47 Å². The van der Waals surface area contributed by atoms with Gasteiger partial charge in [-0.15, -0.1) is 0 Å². The molecule has 1 N–H and O–H groups in total. The summed E-state index contributed by atoms with van der Waals surface area (Å²) in [6.07, 6.45) is 0. The van der Waals surface area contributed by atoms with Crippen molar-refractivity contribution in [3.63, 3.8) is 0 Å². The molecule has 0 saturated carbocycles. The molecule has 0 fully saturated rings. The number of H-pyrrole nitrogens is 1. The van der Waals surface area contributed by atoms with Crippen LogP contribution in [0.3, 0.4) is 0 Å². The zero-order valence-corrected chi connectivity index (χ0v) is 15.6. The number of aryl methyl sites for hydroxylation is 1. The van der Waals surface area contributed by atoms with Gasteiger partial charge in [-0.3, -0.25) is 9.67 Å². The minimum absolute atomic E-state index is 0.538. The molecule has 3 rings (SSSR count). The normalized spacial score (nSPS) is 10.7. The fourth-order valence-electron chi connectivity index (χ4n) is 2.76. The van der Waals surface area contributed by atoms with E-state index in [1.807, 2.05) is 48.7 Å². The van der Waals surface area contributed by atoms with Crippen LogP contribution in [-0.4, -0.2) is 28.5 Å². The third-order valence-electron chi connectivity index (χ3n) is 4.18. The molecule has 0 aliphatic carbocycles. The lowest BCUT2D eigenvalue weighted by Gasteiger charge is -2.12. The number of nitrogens with one attached hydrogen (secondary N) is 1. The van der Waals surface area contributed by atoms with Gasteiger partial charge in [-0.05, 0) is 80.5 Å². The number of nitrogens with zero attached hydrogens (tertiary/aromatic N) is 2. The Morgan fingerprint density at radius 3 is 2.52 bits per heavy atom. The van der Waals surface area contributed by atoms with Gasteiger partial charge in [0.2, 0.25) is 0 Å². The summed E-state index contributed by atoms with van der Waals surface area (Å²) in [7, 11) is 1.68. The van der Waals surface area contributed by atoms with E-state index in [1.165, 1.54) is 0 Å². The number of benzene rings is 2. The van der Waals surface area contributed by atoms with Crippen molar-refractivity contribution in [2.45, 2.75) is 20.8 Å². The lowest BCUT2D eigenvalue weighted by Crippen LogP contribution is -2.00. The summed E-state index contributed by atoms with van der Waals surface area (Å²) >= 11 is 5.44. The first-order valence-electron chi connectivity index (χ1n) is 8.11. The molecule has 0 unspecified atom stereocenters. The van der Waals surface area contributed by atoms with Crippen LogP contribution in [0.1, 0.15) is 18.1 Å². The van der Waals surface area contributed by atoms with Crippen LogP contribution in [0, 0.1) is 18.6 Å². The fourth-order valence-corrected chi connectivity index (χ4v) is 2.99. The Balaban J connectivity index is 2.11. The van der Waals surface area contributed by atoms with Crippen LogP contribution in [0.15, 0.2) is 36.4 Å². The van der Waals surface area contributed by atoms with Gasteiger partial charge in [0, 0.05) is 5.56 Å². The van der Waals surface area contributed by atoms with E-state index in [1.54, 1.807) is 7.11 Å². The zero-order valence-electron chi connectivity index (χ0n) is 14.8. The van der Waals surface area contributed by atoms with Gasteiger partial charge >= 0.3 is 0 Å². The van der Waals surface area contributed by atoms with Crippen molar-refractivity contribution in [1.82, 2.24) is 14.8 Å². The molecule has 3 aromatic rings. The van der Waals surface area contributed by atoms with Crippen molar-refractivity contribution >= 4 is 12.2 Å². The van der Waals surface area contributed by atoms with Crippen molar-refractivity contribution in [3.05, 3.63) is 52.3 Å². The molecule has 0 atom stereocenters. The van der Waals surface area contributed by atoms with Crippen molar-refractivity contribution in [1.29, 1.82) is 0 Å². The quantitative estimate of drug-likeness (QED) is 0.679. The molecule has 6 heteroatoms. The monoisotopic (exact) mass is 355 g/mol. The number of ether oxygens (including phenoxy) is 2. The lowest BCUT2D eigenvalue weighted by molar-refractivity contribution is 0.340. The molecule has 0 bridgehead atoms. The molecule has 0 aliphatic rings. The van der Waals surface area contributed by atoms with E-state index in [0.717, 1.165) is 39.7 Å². The highest BCUT2D eigenvalue weighted by Crippen LogP contribution is 2.30. The predicted molar refractivity (Wildman–Crippen MR) is 101 cm³/mol. The topological polar surface area (TPSA) is 52.1 Å². The van der Waals surface area contributed by atoms with E-state index in [-0.39, 0.29) is 0 Å². The largest absolute Gasteiger partial charge is 0.496 e. The standard InChI is InChI=1S/C19H21N3O2S/c1-5-24-16-8-6-15(7-9-16)22-18(20-21-19(22)25)14-10-12(2)13(3)17(11-14)23-4/h6-11H,5H2,1-4H3,(H,21,25). The molecule has 1 heterocycles. The van der Waals surface area contributed by atoms with Gasteiger partial charge in [-0.1, -0.05) is 0 Å². The van der Waals surface area contributed by atoms with Crippen molar-refractivity contribution in [3.8, 4) is 28.6 Å². The van der Waals surface area contributed by atoms with Gasteiger partial charge < -0.3 is 9.47 Å². The van der Waals surface area contributed by atoms with Gasteiger partial charge in [-0.25, -0.2) is 0 Å². The highest BCUT2D eigenvalue weighted by Gasteiger charge is 2.14. The third kappa shape index (κ3) is 3.30. The van der Waals surface area contributed by atoms with E-state index >= 15 is 0 Å². The van der Waals surface area contributed by atoms with Crippen molar-refractivity contribution in [2.24, 2.45) is 0 Å². The molecular weight excluding hydrogens is 334 g/mol. The average molecular weight is 355 g/mol. The predicted octanol–water partition coefficient (Wildman–Crippen LogP) is 4.62. The van der Waals surface area contributed by atoms with Crippen LogP contribution in [0.5, 0.6) is 11.5 Å². The van der Waals surface area contributed by atoms with Gasteiger partial charge in [0.05, 0.1) is 19.4 Å². The molecule has 2 aromatic carbocycles. The number of aromatic amines is 1. The summed E-state index contributed by atoms with van der Waals surface area (Å²) in [6.45, 7) is 6.70. The Hall–Kier alpha value is -2.60. The Bertz CT molecular complexity index is 942. The molecule has 0 spiro atoms. The summed E-state index contributed by atoms with van der Waals surface area (Å²) in [5.74, 6) is 2.41. The molecule has 1 aromatic heterocycles. The van der Waals surface area contributed by atoms with Crippen LogP contribution < -0.4 is 9.47 Å². The summed E-state index contributed by atoms with van der Waals surface area (Å²) in [4.78, 5) is 0. The summed E-state index contributed by atoms with van der Waals surface area (Å²) in [5, 5.41) is 7.32. The highest BCUT2D eigenvalue weighted by atomic mass is 32.1. The molecule has 0 aliphatic heterocycles. The first-order chi connectivity index (χ1) is 12.0. The second-order valence-corrected chi connectivity index (χ2v) is 6.12. The SMILES string of the molecule is CCOc1ccc(-n2c(-c3cc(C)c(C)c(OC)c3)n[nH]c2=S)cc1. The van der Waals surface area contributed by atoms with Gasteiger partial charge in [0.25, 0.3) is 0 Å². The Morgan fingerprint density at radius 1 is 1.16 bits per heavy atom. The van der Waals surface area contributed by atoms with E-state index < -0.39 is 0 Å². The third-order valence-corrected chi connectivity index (χ3v) is 4.45. The van der Waals surface area contributed by atoms with E-state index in [9.17, 15) is 0 Å². The maximum absolute atomic E-state index is 5.51. The van der Waals surface area contributed by atoms with Gasteiger partial charge in [-0.2, -0.15) is 5.10 Å². The van der Waals surface area contributed by atoms with Crippen LogP contribution in [0.2, 0.25) is 0 Å². The van der Waals surface area contributed by atoms with Crippen LogP contribution in [0.25, 0.3) is 17.1 Å². The summed E-state index contributed by atoms with van der Waals surface area (Å²) in [5.41, 5.74) is 4.13. The zero-order chi connectivity index (χ0) is 18.0. The number of hydrogen-bond donors (Lipinski definition) is 1. The van der Waals surface area contributed by atoms with Gasteiger partial charge in [0.1, 0.15) is 11.5 Å². The van der Waals surface area contributed by atoms with E-state index in [0.29, 0.717) is 11.4 Å². The molecular formula is C19H21N3O2S. The summed E-state index contributed by atoms with van der Waals surface area (Å²) in [6, 6.07) is 11.9. The first-order valence-corrected chi connectivity index (χ1v) is 8.52. The number of hydrogen-bond acceptors (Lipinski definition) is 4. The Labute approximate surface area is 152 Å². The van der Waals surface area contributed by atoms with E-state index in [4.69, 9.17) is 21.7 Å².